The van der Waals surface area contributed by atoms with Gasteiger partial charge >= 0.3 is 6.18 Å². The number of anilines is 1. The molecule has 0 aliphatic heterocycles. The van der Waals surface area contributed by atoms with E-state index in [-0.39, 0.29) is 16.1 Å². The minimum Gasteiger partial charge on any atom is -0.322 e. The van der Waals surface area contributed by atoms with E-state index in [1.165, 1.54) is 24.3 Å². The summed E-state index contributed by atoms with van der Waals surface area (Å²) in [6, 6.07) is 6.07. The van der Waals surface area contributed by atoms with Crippen LogP contribution in [-0.2, 0) is 16.0 Å². The third kappa shape index (κ3) is 4.28. The van der Waals surface area contributed by atoms with Gasteiger partial charge in [-0.05, 0) is 24.3 Å². The van der Waals surface area contributed by atoms with Gasteiger partial charge in [-0.15, -0.1) is 0 Å². The van der Waals surface area contributed by atoms with Crippen LogP contribution in [0.4, 0.5) is 18.9 Å². The van der Waals surface area contributed by atoms with E-state index in [1.54, 1.807) is 0 Å². The van der Waals surface area contributed by atoms with Crippen LogP contribution in [0, 0.1) is 0 Å². The molecular weight excluding hydrogens is 333 g/mol. The Bertz CT molecular complexity index is 848. The Labute approximate surface area is 130 Å². The Morgan fingerprint density at radius 3 is 2.48 bits per heavy atom. The highest BCUT2D eigenvalue weighted by atomic mass is 32.2. The van der Waals surface area contributed by atoms with Crippen molar-refractivity contribution in [1.82, 2.24) is 4.98 Å². The lowest BCUT2D eigenvalue weighted by molar-refractivity contribution is -0.137. The van der Waals surface area contributed by atoms with Crippen LogP contribution in [0.3, 0.4) is 0 Å². The number of amides is 1. The van der Waals surface area contributed by atoms with E-state index in [9.17, 15) is 26.4 Å². The van der Waals surface area contributed by atoms with Crippen molar-refractivity contribution in [3.05, 3.63) is 53.9 Å². The first-order chi connectivity index (χ1) is 10.6. The zero-order valence-electron chi connectivity index (χ0n) is 11.8. The maximum atomic E-state index is 12.6. The zero-order valence-corrected chi connectivity index (χ0v) is 12.6. The molecule has 0 spiro atoms. The Hall–Kier alpha value is -2.42. The number of halogens is 3. The number of carbonyl (C=O) groups excluding carboxylic acids is 1. The quantitative estimate of drug-likeness (QED) is 0.929. The van der Waals surface area contributed by atoms with Gasteiger partial charge in [0.05, 0.1) is 16.0 Å². The smallest absolute Gasteiger partial charge is 0.322 e. The third-order valence-electron chi connectivity index (χ3n) is 2.85. The number of alkyl halides is 3. The normalized spacial score (nSPS) is 12.0. The first kappa shape index (κ1) is 16.9. The van der Waals surface area contributed by atoms with Crippen LogP contribution in [0.25, 0.3) is 0 Å². The number of carbonyl (C=O) groups is 1. The number of hydrogen-bond donors (Lipinski definition) is 1. The van der Waals surface area contributed by atoms with E-state index in [1.807, 2.05) is 0 Å². The van der Waals surface area contributed by atoms with Crippen molar-refractivity contribution in [2.75, 3.05) is 11.6 Å². The molecule has 1 heterocycles. The van der Waals surface area contributed by atoms with E-state index in [0.29, 0.717) is 12.3 Å². The van der Waals surface area contributed by atoms with E-state index in [2.05, 4.69) is 10.3 Å². The molecule has 5 nitrogen and oxygen atoms in total. The van der Waals surface area contributed by atoms with Crippen LogP contribution >= 0.6 is 0 Å². The Morgan fingerprint density at radius 2 is 1.87 bits per heavy atom. The number of benzene rings is 1. The van der Waals surface area contributed by atoms with Crippen LogP contribution < -0.4 is 5.32 Å². The topological polar surface area (TPSA) is 76.1 Å². The number of nitrogens with one attached hydrogen (secondary N) is 1. The Kier molecular flexibility index (Phi) is 4.42. The molecule has 2 aromatic rings. The van der Waals surface area contributed by atoms with Gasteiger partial charge in [-0.1, -0.05) is 6.07 Å². The van der Waals surface area contributed by atoms with Crippen molar-refractivity contribution in [3.63, 3.8) is 0 Å². The Morgan fingerprint density at radius 1 is 1.17 bits per heavy atom. The average Bonchev–Trinajstić information content (AvgIpc) is 2.46. The fourth-order valence-electron chi connectivity index (χ4n) is 1.73. The van der Waals surface area contributed by atoms with Gasteiger partial charge in [-0.2, -0.15) is 13.2 Å². The molecule has 0 aliphatic rings. The summed E-state index contributed by atoms with van der Waals surface area (Å²) < 4.78 is 60.7. The van der Waals surface area contributed by atoms with Gasteiger partial charge in [0.2, 0.25) is 0 Å². The predicted octanol–water partition coefficient (Wildman–Crippen LogP) is 2.76. The highest BCUT2D eigenvalue weighted by Crippen LogP contribution is 2.29. The lowest BCUT2D eigenvalue weighted by atomic mass is 10.2. The van der Waals surface area contributed by atoms with Crippen molar-refractivity contribution in [3.8, 4) is 0 Å². The molecule has 0 saturated heterocycles. The summed E-state index contributed by atoms with van der Waals surface area (Å²) in [6.07, 6.45) is -2.00. The van der Waals surface area contributed by atoms with Crippen molar-refractivity contribution >= 4 is 21.4 Å². The molecule has 1 amide bonds. The molecule has 0 saturated carbocycles. The predicted molar refractivity (Wildman–Crippen MR) is 76.7 cm³/mol. The van der Waals surface area contributed by atoms with Gasteiger partial charge in [-0.3, -0.25) is 9.78 Å². The molecule has 0 unspecified atom stereocenters. The molecule has 0 radical (unpaired) electrons. The van der Waals surface area contributed by atoms with E-state index in [4.69, 9.17) is 0 Å². The number of sulfone groups is 1. The SMILES string of the molecule is CS(=O)(=O)c1cccc(NC(=O)c2cncc(C(F)(F)F)c2)c1. The first-order valence-corrected chi connectivity index (χ1v) is 8.10. The van der Waals surface area contributed by atoms with Crippen molar-refractivity contribution in [2.24, 2.45) is 0 Å². The van der Waals surface area contributed by atoms with Crippen LogP contribution in [0.5, 0.6) is 0 Å². The molecule has 0 atom stereocenters. The molecule has 1 aromatic heterocycles. The first-order valence-electron chi connectivity index (χ1n) is 6.21. The molecule has 2 rings (SSSR count). The average molecular weight is 344 g/mol. The molecular formula is C14H11F3N2O3S. The zero-order chi connectivity index (χ0) is 17.3. The Balaban J connectivity index is 2.27. The largest absolute Gasteiger partial charge is 0.417 e. The van der Waals surface area contributed by atoms with Gasteiger partial charge in [0.25, 0.3) is 5.91 Å². The van der Waals surface area contributed by atoms with Crippen LogP contribution in [0.15, 0.2) is 47.6 Å². The standard InChI is InChI=1S/C14H11F3N2O3S/c1-23(21,22)12-4-2-3-11(6-12)19-13(20)9-5-10(8-18-7-9)14(15,16)17/h2-8H,1H3,(H,19,20). The minimum atomic E-state index is -4.61. The van der Waals surface area contributed by atoms with Crippen LogP contribution in [0.2, 0.25) is 0 Å². The van der Waals surface area contributed by atoms with Gasteiger partial charge < -0.3 is 5.32 Å². The molecule has 0 fully saturated rings. The van der Waals surface area contributed by atoms with Crippen molar-refractivity contribution in [1.29, 1.82) is 0 Å². The lowest BCUT2D eigenvalue weighted by Crippen LogP contribution is -2.15. The summed E-state index contributed by atoms with van der Waals surface area (Å²) >= 11 is 0. The summed E-state index contributed by atoms with van der Waals surface area (Å²) in [4.78, 5) is 15.4. The maximum Gasteiger partial charge on any atom is 0.417 e. The van der Waals surface area contributed by atoms with E-state index in [0.717, 1.165) is 12.5 Å². The summed E-state index contributed by atoms with van der Waals surface area (Å²) in [5, 5.41) is 2.34. The molecule has 23 heavy (non-hydrogen) atoms. The van der Waals surface area contributed by atoms with Gasteiger partial charge in [0, 0.05) is 24.3 Å². The second-order valence-corrected chi connectivity index (χ2v) is 6.73. The fourth-order valence-corrected chi connectivity index (χ4v) is 2.39. The lowest BCUT2D eigenvalue weighted by Gasteiger charge is -2.09. The van der Waals surface area contributed by atoms with Crippen LogP contribution in [-0.4, -0.2) is 25.6 Å². The second-order valence-electron chi connectivity index (χ2n) is 4.71. The van der Waals surface area contributed by atoms with Gasteiger partial charge in [0.1, 0.15) is 0 Å². The molecule has 1 N–H and O–H groups in total. The minimum absolute atomic E-state index is 0.0162. The number of nitrogens with zero attached hydrogens (tertiary/aromatic N) is 1. The van der Waals surface area contributed by atoms with Crippen molar-refractivity contribution < 1.29 is 26.4 Å². The van der Waals surface area contributed by atoms with Gasteiger partial charge in [0.15, 0.2) is 9.84 Å². The molecule has 1 aromatic carbocycles. The van der Waals surface area contributed by atoms with Crippen molar-refractivity contribution in [2.45, 2.75) is 11.1 Å². The summed E-state index contributed by atoms with van der Waals surface area (Å²) in [5.74, 6) is -0.825. The van der Waals surface area contributed by atoms with E-state index < -0.39 is 27.5 Å². The van der Waals surface area contributed by atoms with Crippen LogP contribution in [0.1, 0.15) is 15.9 Å². The number of hydrogen-bond acceptors (Lipinski definition) is 4. The molecule has 0 aliphatic carbocycles. The molecule has 122 valence electrons. The molecule has 0 bridgehead atoms. The van der Waals surface area contributed by atoms with Gasteiger partial charge in [-0.25, -0.2) is 8.42 Å². The number of aromatic nitrogens is 1. The summed E-state index contributed by atoms with van der Waals surface area (Å²) in [6.45, 7) is 0. The highest BCUT2D eigenvalue weighted by molar-refractivity contribution is 7.90. The second kappa shape index (κ2) is 5.99. The monoisotopic (exact) mass is 344 g/mol. The third-order valence-corrected chi connectivity index (χ3v) is 3.96. The number of rotatable bonds is 3. The number of pyridine rings is 1. The molecule has 9 heteroatoms. The fraction of sp³-hybridized carbons (Fsp3) is 0.143. The summed E-state index contributed by atoms with van der Waals surface area (Å²) in [7, 11) is -3.46. The summed E-state index contributed by atoms with van der Waals surface area (Å²) in [5.41, 5.74) is -1.19. The van der Waals surface area contributed by atoms with E-state index >= 15 is 0 Å². The highest BCUT2D eigenvalue weighted by Gasteiger charge is 2.31. The maximum absolute atomic E-state index is 12.6.